The Bertz CT molecular complexity index is 822. The summed E-state index contributed by atoms with van der Waals surface area (Å²) in [6, 6.07) is 11.3. The van der Waals surface area contributed by atoms with E-state index in [0.29, 0.717) is 5.56 Å². The zero-order chi connectivity index (χ0) is 19.0. The van der Waals surface area contributed by atoms with Crippen molar-refractivity contribution in [3.8, 4) is 11.1 Å². The van der Waals surface area contributed by atoms with Crippen LogP contribution in [-0.2, 0) is 4.79 Å². The SMILES string of the molecule is CC1C(C(=O)N2CCCCCC2)C1c1ccccc1-c1c(F)cccc1F. The summed E-state index contributed by atoms with van der Waals surface area (Å²) in [5.41, 5.74) is 1.45. The number of rotatable bonds is 3. The van der Waals surface area contributed by atoms with Gasteiger partial charge in [-0.2, -0.15) is 0 Å². The maximum Gasteiger partial charge on any atom is 0.226 e. The number of hydrogen-bond acceptors (Lipinski definition) is 1. The van der Waals surface area contributed by atoms with E-state index in [2.05, 4.69) is 6.92 Å². The average molecular weight is 369 g/mol. The van der Waals surface area contributed by atoms with Gasteiger partial charge in [0.1, 0.15) is 11.6 Å². The molecule has 0 bridgehead atoms. The molecule has 2 fully saturated rings. The fourth-order valence-corrected chi connectivity index (χ4v) is 4.59. The lowest BCUT2D eigenvalue weighted by Crippen LogP contribution is -2.33. The Hall–Kier alpha value is -2.23. The molecule has 0 aromatic heterocycles. The summed E-state index contributed by atoms with van der Waals surface area (Å²) in [6.45, 7) is 3.73. The van der Waals surface area contributed by atoms with Crippen LogP contribution < -0.4 is 0 Å². The molecule has 142 valence electrons. The topological polar surface area (TPSA) is 20.3 Å². The van der Waals surface area contributed by atoms with Crippen LogP contribution in [0.3, 0.4) is 0 Å². The van der Waals surface area contributed by atoms with E-state index < -0.39 is 11.6 Å². The molecule has 27 heavy (non-hydrogen) atoms. The number of hydrogen-bond donors (Lipinski definition) is 0. The second-order valence-corrected chi connectivity index (χ2v) is 7.83. The van der Waals surface area contributed by atoms with Gasteiger partial charge < -0.3 is 4.90 Å². The van der Waals surface area contributed by atoms with Gasteiger partial charge in [-0.25, -0.2) is 8.78 Å². The molecule has 0 radical (unpaired) electrons. The summed E-state index contributed by atoms with van der Waals surface area (Å²) in [5, 5.41) is 0. The van der Waals surface area contributed by atoms with Crippen molar-refractivity contribution in [3.63, 3.8) is 0 Å². The quantitative estimate of drug-likeness (QED) is 0.711. The predicted molar refractivity (Wildman–Crippen MR) is 102 cm³/mol. The molecule has 2 aromatic rings. The second kappa shape index (κ2) is 7.41. The van der Waals surface area contributed by atoms with E-state index >= 15 is 0 Å². The van der Waals surface area contributed by atoms with Crippen molar-refractivity contribution in [3.05, 3.63) is 59.7 Å². The molecule has 1 heterocycles. The highest BCUT2D eigenvalue weighted by molar-refractivity contribution is 5.85. The molecule has 1 saturated carbocycles. The van der Waals surface area contributed by atoms with E-state index in [0.717, 1.165) is 31.5 Å². The van der Waals surface area contributed by atoms with Crippen LogP contribution in [0.2, 0.25) is 0 Å². The summed E-state index contributed by atoms with van der Waals surface area (Å²) >= 11 is 0. The van der Waals surface area contributed by atoms with Gasteiger partial charge in [0.05, 0.1) is 5.56 Å². The molecular weight excluding hydrogens is 344 g/mol. The highest BCUT2D eigenvalue weighted by Crippen LogP contribution is 2.56. The third kappa shape index (κ3) is 3.38. The number of benzene rings is 2. The Labute approximate surface area is 159 Å². The van der Waals surface area contributed by atoms with Gasteiger partial charge >= 0.3 is 0 Å². The van der Waals surface area contributed by atoms with Gasteiger partial charge in [0.15, 0.2) is 0 Å². The molecule has 4 rings (SSSR count). The highest BCUT2D eigenvalue weighted by Gasteiger charge is 2.54. The number of likely N-dealkylation sites (tertiary alicyclic amines) is 1. The number of nitrogens with zero attached hydrogens (tertiary/aromatic N) is 1. The number of amides is 1. The molecule has 2 aliphatic rings. The lowest BCUT2D eigenvalue weighted by Gasteiger charge is -2.20. The average Bonchev–Trinajstić information content (AvgIpc) is 3.39. The van der Waals surface area contributed by atoms with Crippen LogP contribution >= 0.6 is 0 Å². The lowest BCUT2D eigenvalue weighted by molar-refractivity contribution is -0.132. The van der Waals surface area contributed by atoms with Crippen LogP contribution in [0, 0.1) is 23.5 Å². The fourth-order valence-electron chi connectivity index (χ4n) is 4.59. The van der Waals surface area contributed by atoms with Gasteiger partial charge in [0.2, 0.25) is 5.91 Å². The van der Waals surface area contributed by atoms with E-state index in [9.17, 15) is 13.6 Å². The zero-order valence-electron chi connectivity index (χ0n) is 15.6. The van der Waals surface area contributed by atoms with Gasteiger partial charge in [-0.3, -0.25) is 4.79 Å². The maximum absolute atomic E-state index is 14.4. The van der Waals surface area contributed by atoms with Gasteiger partial charge in [-0.15, -0.1) is 0 Å². The molecule has 0 N–H and O–H groups in total. The Morgan fingerprint density at radius 1 is 0.926 bits per heavy atom. The molecule has 0 spiro atoms. The summed E-state index contributed by atoms with van der Waals surface area (Å²) in [4.78, 5) is 15.1. The Morgan fingerprint density at radius 3 is 2.22 bits per heavy atom. The predicted octanol–water partition coefficient (Wildman–Crippen LogP) is 5.38. The first kappa shape index (κ1) is 18.1. The van der Waals surface area contributed by atoms with Crippen LogP contribution in [0.1, 0.15) is 44.1 Å². The first-order valence-corrected chi connectivity index (χ1v) is 9.91. The monoisotopic (exact) mass is 369 g/mol. The third-order valence-corrected chi connectivity index (χ3v) is 6.13. The van der Waals surface area contributed by atoms with Crippen molar-refractivity contribution in [2.75, 3.05) is 13.1 Å². The first-order valence-electron chi connectivity index (χ1n) is 9.91. The molecule has 1 amide bonds. The van der Waals surface area contributed by atoms with E-state index in [1.807, 2.05) is 17.0 Å². The van der Waals surface area contributed by atoms with E-state index in [4.69, 9.17) is 0 Å². The van der Waals surface area contributed by atoms with E-state index in [-0.39, 0.29) is 29.2 Å². The largest absolute Gasteiger partial charge is 0.342 e. The summed E-state index contributed by atoms with van der Waals surface area (Å²) in [6.07, 6.45) is 4.49. The summed E-state index contributed by atoms with van der Waals surface area (Å²) in [5.74, 6) is -0.790. The fraction of sp³-hybridized carbons (Fsp3) is 0.435. The Morgan fingerprint density at radius 2 is 1.56 bits per heavy atom. The molecular formula is C23H25F2NO. The van der Waals surface area contributed by atoms with Crippen molar-refractivity contribution in [1.82, 2.24) is 4.90 Å². The minimum absolute atomic E-state index is 0.00757. The normalized spacial score (nSPS) is 25.1. The van der Waals surface area contributed by atoms with E-state index in [1.54, 1.807) is 12.1 Å². The van der Waals surface area contributed by atoms with Gasteiger partial charge in [-0.05, 0) is 47.9 Å². The third-order valence-electron chi connectivity index (χ3n) is 6.13. The highest BCUT2D eigenvalue weighted by atomic mass is 19.1. The van der Waals surface area contributed by atoms with Gasteiger partial charge in [-0.1, -0.05) is 50.1 Å². The van der Waals surface area contributed by atoms with Crippen LogP contribution in [0.15, 0.2) is 42.5 Å². The van der Waals surface area contributed by atoms with Gasteiger partial charge in [0, 0.05) is 19.0 Å². The standard InChI is InChI=1S/C23H25F2NO/c1-15-20(21(15)23(27)26-13-6-2-3-7-14-26)16-9-4-5-10-17(16)22-18(24)11-8-12-19(22)25/h4-5,8-12,15,20-21H,2-3,6-7,13-14H2,1H3. The molecule has 2 nitrogen and oxygen atoms in total. The molecule has 3 unspecified atom stereocenters. The molecule has 3 atom stereocenters. The summed E-state index contributed by atoms with van der Waals surface area (Å²) < 4.78 is 28.7. The molecule has 2 aromatic carbocycles. The zero-order valence-corrected chi connectivity index (χ0v) is 15.6. The van der Waals surface area contributed by atoms with Crippen LogP contribution in [0.4, 0.5) is 8.78 Å². The van der Waals surface area contributed by atoms with Crippen molar-refractivity contribution in [1.29, 1.82) is 0 Å². The number of carbonyl (C=O) groups excluding carboxylic acids is 1. The van der Waals surface area contributed by atoms with Crippen LogP contribution in [0.5, 0.6) is 0 Å². The lowest BCUT2D eigenvalue weighted by atomic mass is 9.94. The second-order valence-electron chi connectivity index (χ2n) is 7.83. The Kier molecular flexibility index (Phi) is 4.98. The van der Waals surface area contributed by atoms with Crippen molar-refractivity contribution < 1.29 is 13.6 Å². The van der Waals surface area contributed by atoms with Crippen molar-refractivity contribution in [2.45, 2.75) is 38.5 Å². The maximum atomic E-state index is 14.4. The number of carbonyl (C=O) groups is 1. The van der Waals surface area contributed by atoms with Crippen molar-refractivity contribution >= 4 is 5.91 Å². The van der Waals surface area contributed by atoms with Crippen molar-refractivity contribution in [2.24, 2.45) is 11.8 Å². The smallest absolute Gasteiger partial charge is 0.226 e. The van der Waals surface area contributed by atoms with Crippen LogP contribution in [-0.4, -0.2) is 23.9 Å². The number of halogens is 2. The van der Waals surface area contributed by atoms with Gasteiger partial charge in [0.25, 0.3) is 0 Å². The molecule has 1 aliphatic heterocycles. The minimum atomic E-state index is -0.564. The molecule has 4 heteroatoms. The molecule has 1 aliphatic carbocycles. The minimum Gasteiger partial charge on any atom is -0.342 e. The summed E-state index contributed by atoms with van der Waals surface area (Å²) in [7, 11) is 0. The Balaban J connectivity index is 1.64. The van der Waals surface area contributed by atoms with E-state index in [1.165, 1.54) is 31.0 Å². The first-order chi connectivity index (χ1) is 13.1. The molecule has 1 saturated heterocycles. The van der Waals surface area contributed by atoms with Crippen LogP contribution in [0.25, 0.3) is 11.1 Å².